The molecule has 1 saturated heterocycles. The summed E-state index contributed by atoms with van der Waals surface area (Å²) in [5, 5.41) is 15.0. The summed E-state index contributed by atoms with van der Waals surface area (Å²) in [4.78, 5) is 23.1. The molecular formula is C14H18N2O3. The van der Waals surface area contributed by atoms with Crippen molar-refractivity contribution in [3.8, 4) is 0 Å². The van der Waals surface area contributed by atoms with Crippen LogP contribution in [0.25, 0.3) is 0 Å². The fourth-order valence-corrected chi connectivity index (χ4v) is 2.29. The average molecular weight is 262 g/mol. The number of aryl methyl sites for hydroxylation is 1. The summed E-state index contributed by atoms with van der Waals surface area (Å²) in [7, 11) is 0. The summed E-state index contributed by atoms with van der Waals surface area (Å²) < 4.78 is 0. The average Bonchev–Trinajstić information content (AvgIpc) is 2.86. The van der Waals surface area contributed by atoms with Gasteiger partial charge in [0.25, 0.3) is 0 Å². The maximum Gasteiger partial charge on any atom is 0.336 e. The number of hydrogen-bond donors (Lipinski definition) is 3. The zero-order valence-corrected chi connectivity index (χ0v) is 11.1. The van der Waals surface area contributed by atoms with Crippen molar-refractivity contribution in [1.29, 1.82) is 0 Å². The van der Waals surface area contributed by atoms with Gasteiger partial charge >= 0.3 is 5.97 Å². The molecule has 0 spiro atoms. The van der Waals surface area contributed by atoms with E-state index >= 15 is 0 Å². The van der Waals surface area contributed by atoms with E-state index in [9.17, 15) is 9.59 Å². The normalized spacial score (nSPS) is 18.3. The Morgan fingerprint density at radius 3 is 2.68 bits per heavy atom. The molecule has 1 aliphatic heterocycles. The highest BCUT2D eigenvalue weighted by Crippen LogP contribution is 2.20. The molecule has 1 aromatic carbocycles. The number of carbonyl (C=O) groups is 2. The minimum Gasteiger partial charge on any atom is -0.478 e. The first-order valence-electron chi connectivity index (χ1n) is 6.38. The fourth-order valence-electron chi connectivity index (χ4n) is 2.29. The lowest BCUT2D eigenvalue weighted by atomic mass is 10.0. The quantitative estimate of drug-likeness (QED) is 0.774. The maximum atomic E-state index is 12.0. The van der Waals surface area contributed by atoms with Gasteiger partial charge < -0.3 is 15.7 Å². The highest BCUT2D eigenvalue weighted by molar-refractivity contribution is 5.97. The molecule has 5 nitrogen and oxygen atoms in total. The molecule has 2 rings (SSSR count). The van der Waals surface area contributed by atoms with Gasteiger partial charge in [0.1, 0.15) is 0 Å². The summed E-state index contributed by atoms with van der Waals surface area (Å²) in [6, 6.07) is 3.14. The van der Waals surface area contributed by atoms with E-state index < -0.39 is 5.97 Å². The fraction of sp³-hybridized carbons (Fsp3) is 0.429. The van der Waals surface area contributed by atoms with Gasteiger partial charge in [0.15, 0.2) is 0 Å². The van der Waals surface area contributed by atoms with Crippen LogP contribution in [-0.2, 0) is 4.79 Å². The van der Waals surface area contributed by atoms with Crippen LogP contribution in [0.1, 0.15) is 34.3 Å². The number of aromatic carboxylic acids is 1. The van der Waals surface area contributed by atoms with Crippen LogP contribution in [0.3, 0.4) is 0 Å². The molecule has 5 heteroatoms. The molecule has 0 aromatic heterocycles. The van der Waals surface area contributed by atoms with Gasteiger partial charge in [-0.2, -0.15) is 0 Å². The molecule has 1 atom stereocenters. The van der Waals surface area contributed by atoms with E-state index in [0.717, 1.165) is 30.5 Å². The largest absolute Gasteiger partial charge is 0.478 e. The second-order valence-corrected chi connectivity index (χ2v) is 4.91. The molecule has 1 heterocycles. The molecule has 0 saturated carbocycles. The van der Waals surface area contributed by atoms with Crippen LogP contribution in [0.2, 0.25) is 0 Å². The van der Waals surface area contributed by atoms with Gasteiger partial charge in [0.2, 0.25) is 5.91 Å². The van der Waals surface area contributed by atoms with Crippen molar-refractivity contribution < 1.29 is 14.7 Å². The van der Waals surface area contributed by atoms with E-state index in [1.165, 1.54) is 6.07 Å². The number of carboxylic acid groups (broad SMARTS) is 1. The molecule has 1 fully saturated rings. The van der Waals surface area contributed by atoms with Crippen molar-refractivity contribution in [3.05, 3.63) is 28.8 Å². The molecule has 0 radical (unpaired) electrons. The van der Waals surface area contributed by atoms with E-state index in [1.54, 1.807) is 13.0 Å². The molecule has 3 N–H and O–H groups in total. The first-order valence-corrected chi connectivity index (χ1v) is 6.38. The summed E-state index contributed by atoms with van der Waals surface area (Å²) in [6.07, 6.45) is 1.81. The minimum atomic E-state index is -0.976. The van der Waals surface area contributed by atoms with Crippen molar-refractivity contribution >= 4 is 17.6 Å². The first-order chi connectivity index (χ1) is 8.99. The SMILES string of the molecule is Cc1cc(NC(=O)[C@H]2CCCN2)cc(C(=O)O)c1C. The summed E-state index contributed by atoms with van der Waals surface area (Å²) in [5.74, 6) is -1.08. The number of hydrogen-bond acceptors (Lipinski definition) is 3. The van der Waals surface area contributed by atoms with Gasteiger partial charge in [-0.05, 0) is 56.5 Å². The minimum absolute atomic E-state index is 0.0999. The van der Waals surface area contributed by atoms with E-state index in [4.69, 9.17) is 5.11 Å². The Labute approximate surface area is 112 Å². The van der Waals surface area contributed by atoms with Gasteiger partial charge in [0, 0.05) is 5.69 Å². The third kappa shape index (κ3) is 2.93. The number of amides is 1. The Kier molecular flexibility index (Phi) is 3.85. The second-order valence-electron chi connectivity index (χ2n) is 4.91. The summed E-state index contributed by atoms with van der Waals surface area (Å²) in [6.45, 7) is 4.46. The smallest absolute Gasteiger partial charge is 0.336 e. The van der Waals surface area contributed by atoms with E-state index in [-0.39, 0.29) is 17.5 Å². The lowest BCUT2D eigenvalue weighted by molar-refractivity contribution is -0.117. The molecule has 0 bridgehead atoms. The predicted molar refractivity (Wildman–Crippen MR) is 72.5 cm³/mol. The number of carboxylic acids is 1. The van der Waals surface area contributed by atoms with Crippen LogP contribution < -0.4 is 10.6 Å². The molecule has 1 aliphatic rings. The van der Waals surface area contributed by atoms with Crippen LogP contribution in [0.15, 0.2) is 12.1 Å². The number of anilines is 1. The van der Waals surface area contributed by atoms with Crippen LogP contribution in [0.5, 0.6) is 0 Å². The van der Waals surface area contributed by atoms with Gasteiger partial charge in [-0.15, -0.1) is 0 Å². The zero-order chi connectivity index (χ0) is 14.0. The van der Waals surface area contributed by atoms with Crippen molar-refractivity contribution in [2.75, 3.05) is 11.9 Å². The monoisotopic (exact) mass is 262 g/mol. The van der Waals surface area contributed by atoms with Crippen molar-refractivity contribution in [3.63, 3.8) is 0 Å². The second kappa shape index (κ2) is 5.40. The van der Waals surface area contributed by atoms with Gasteiger partial charge in [-0.25, -0.2) is 4.79 Å². The van der Waals surface area contributed by atoms with Crippen LogP contribution >= 0.6 is 0 Å². The van der Waals surface area contributed by atoms with Crippen LogP contribution in [0.4, 0.5) is 5.69 Å². The molecular weight excluding hydrogens is 244 g/mol. The summed E-state index contributed by atoms with van der Waals surface area (Å²) >= 11 is 0. The molecule has 102 valence electrons. The molecule has 0 aliphatic carbocycles. The standard InChI is InChI=1S/C14H18N2O3/c1-8-6-10(7-11(9(8)2)14(18)19)16-13(17)12-4-3-5-15-12/h6-7,12,15H,3-5H2,1-2H3,(H,16,17)(H,18,19)/t12-/m1/s1. The number of carbonyl (C=O) groups excluding carboxylic acids is 1. The summed E-state index contributed by atoms with van der Waals surface area (Å²) in [5.41, 5.74) is 2.35. The van der Waals surface area contributed by atoms with Gasteiger partial charge in [-0.1, -0.05) is 0 Å². The third-order valence-corrected chi connectivity index (χ3v) is 3.54. The third-order valence-electron chi connectivity index (χ3n) is 3.54. The van der Waals surface area contributed by atoms with Crippen molar-refractivity contribution in [2.45, 2.75) is 32.7 Å². The topological polar surface area (TPSA) is 78.4 Å². The Hall–Kier alpha value is -1.88. The Morgan fingerprint density at radius 1 is 1.37 bits per heavy atom. The van der Waals surface area contributed by atoms with E-state index in [2.05, 4.69) is 10.6 Å². The molecule has 0 unspecified atom stereocenters. The highest BCUT2D eigenvalue weighted by atomic mass is 16.4. The van der Waals surface area contributed by atoms with Gasteiger partial charge in [-0.3, -0.25) is 4.79 Å². The van der Waals surface area contributed by atoms with Crippen LogP contribution in [0, 0.1) is 13.8 Å². The van der Waals surface area contributed by atoms with Gasteiger partial charge in [0.05, 0.1) is 11.6 Å². The lowest BCUT2D eigenvalue weighted by Crippen LogP contribution is -2.35. The number of benzene rings is 1. The maximum absolute atomic E-state index is 12.0. The number of nitrogens with one attached hydrogen (secondary N) is 2. The molecule has 19 heavy (non-hydrogen) atoms. The predicted octanol–water partition coefficient (Wildman–Crippen LogP) is 1.69. The van der Waals surface area contributed by atoms with E-state index in [1.807, 2.05) is 6.92 Å². The molecule has 1 amide bonds. The number of rotatable bonds is 3. The first kappa shape index (κ1) is 13.5. The Balaban J connectivity index is 2.20. The van der Waals surface area contributed by atoms with Crippen molar-refractivity contribution in [2.24, 2.45) is 0 Å². The zero-order valence-electron chi connectivity index (χ0n) is 11.1. The van der Waals surface area contributed by atoms with E-state index in [0.29, 0.717) is 5.69 Å². The lowest BCUT2D eigenvalue weighted by Gasteiger charge is -2.13. The van der Waals surface area contributed by atoms with Crippen LogP contribution in [-0.4, -0.2) is 29.6 Å². The van der Waals surface area contributed by atoms with Crippen molar-refractivity contribution in [1.82, 2.24) is 5.32 Å². The Bertz CT molecular complexity index is 520. The Morgan fingerprint density at radius 2 is 2.11 bits per heavy atom. The highest BCUT2D eigenvalue weighted by Gasteiger charge is 2.22. The molecule has 1 aromatic rings.